The number of hydrogen-bond acceptors (Lipinski definition) is 2. The van der Waals surface area contributed by atoms with E-state index in [1.54, 1.807) is 6.07 Å². The summed E-state index contributed by atoms with van der Waals surface area (Å²) < 4.78 is 0. The molecule has 2 aromatic rings. The van der Waals surface area contributed by atoms with Gasteiger partial charge in [-0.25, -0.2) is 0 Å². The van der Waals surface area contributed by atoms with Crippen LogP contribution in [0.5, 0.6) is 0 Å². The van der Waals surface area contributed by atoms with E-state index in [1.165, 1.54) is 5.56 Å². The summed E-state index contributed by atoms with van der Waals surface area (Å²) in [4.78, 5) is 4.94. The van der Waals surface area contributed by atoms with Crippen LogP contribution in [-0.2, 0) is 6.54 Å². The minimum atomic E-state index is 0. The molecule has 3 rings (SSSR count). The van der Waals surface area contributed by atoms with Gasteiger partial charge in [-0.05, 0) is 35.4 Å². The molecule has 0 spiro atoms. The van der Waals surface area contributed by atoms with E-state index in [9.17, 15) is 0 Å². The van der Waals surface area contributed by atoms with E-state index in [1.807, 2.05) is 24.3 Å². The minimum absolute atomic E-state index is 0. The zero-order chi connectivity index (χ0) is 17.6. The number of halogens is 5. The minimum Gasteiger partial charge on any atom is -0.297 e. The number of nitrogens with zero attached hydrogens (tertiary/aromatic N) is 2. The van der Waals surface area contributed by atoms with Crippen molar-refractivity contribution in [1.29, 1.82) is 0 Å². The molecule has 1 heterocycles. The highest BCUT2D eigenvalue weighted by Crippen LogP contribution is 2.22. The second-order valence-corrected chi connectivity index (χ2v) is 7.55. The molecule has 0 atom stereocenters. The first-order chi connectivity index (χ1) is 12.1. The molecule has 0 bridgehead atoms. The molecule has 1 aliphatic heterocycles. The Balaban J connectivity index is 0.00000182. The van der Waals surface area contributed by atoms with E-state index in [2.05, 4.69) is 34.1 Å². The number of hydrogen-bond donors (Lipinski definition) is 0. The van der Waals surface area contributed by atoms with Crippen molar-refractivity contribution in [3.8, 4) is 0 Å². The van der Waals surface area contributed by atoms with Gasteiger partial charge in [0.15, 0.2) is 0 Å². The van der Waals surface area contributed by atoms with Crippen molar-refractivity contribution in [2.45, 2.75) is 6.54 Å². The smallest absolute Gasteiger partial charge is 0.0493 e. The Bertz CT molecular complexity index is 726. The first-order valence-electron chi connectivity index (χ1n) is 8.41. The molecule has 2 nitrogen and oxygen atoms in total. The van der Waals surface area contributed by atoms with Gasteiger partial charge in [-0.15, -0.1) is 24.8 Å². The predicted octanol–water partition coefficient (Wildman–Crippen LogP) is 6.32. The van der Waals surface area contributed by atoms with E-state index in [0.29, 0.717) is 10.0 Å². The highest BCUT2D eigenvalue weighted by molar-refractivity contribution is 6.35. The summed E-state index contributed by atoms with van der Waals surface area (Å²) in [5, 5.41) is 2.15. The summed E-state index contributed by atoms with van der Waals surface area (Å²) in [5.41, 5.74) is 2.32. The molecule has 0 aliphatic carbocycles. The van der Waals surface area contributed by atoms with Crippen LogP contribution in [0.4, 0.5) is 0 Å². The molecule has 1 aliphatic rings. The summed E-state index contributed by atoms with van der Waals surface area (Å²) in [5.74, 6) is 0. The fourth-order valence-electron chi connectivity index (χ4n) is 2.94. The van der Waals surface area contributed by atoms with Gasteiger partial charge in [-0.3, -0.25) is 9.80 Å². The van der Waals surface area contributed by atoms with Crippen molar-refractivity contribution >= 4 is 65.7 Å². The van der Waals surface area contributed by atoms with Crippen LogP contribution in [0.2, 0.25) is 15.1 Å². The topological polar surface area (TPSA) is 6.48 Å². The van der Waals surface area contributed by atoms with Crippen LogP contribution in [0.25, 0.3) is 6.08 Å². The Morgan fingerprint density at radius 1 is 0.778 bits per heavy atom. The fraction of sp³-hybridized carbons (Fsp3) is 0.300. The van der Waals surface area contributed by atoms with Gasteiger partial charge >= 0.3 is 0 Å². The van der Waals surface area contributed by atoms with E-state index >= 15 is 0 Å². The summed E-state index contributed by atoms with van der Waals surface area (Å²) in [6.07, 6.45) is 4.24. The molecule has 148 valence electrons. The maximum atomic E-state index is 6.19. The second kappa shape index (κ2) is 12.2. The third kappa shape index (κ3) is 7.83. The third-order valence-electron chi connectivity index (χ3n) is 4.41. The molecule has 2 aromatic carbocycles. The first kappa shape index (κ1) is 24.6. The van der Waals surface area contributed by atoms with Gasteiger partial charge in [0.2, 0.25) is 0 Å². The van der Waals surface area contributed by atoms with Crippen LogP contribution in [0.15, 0.2) is 48.5 Å². The molecule has 0 N–H and O–H groups in total. The molecule has 0 saturated carbocycles. The lowest BCUT2D eigenvalue weighted by Gasteiger charge is -2.34. The monoisotopic (exact) mass is 466 g/mol. The van der Waals surface area contributed by atoms with Crippen molar-refractivity contribution in [2.75, 3.05) is 32.7 Å². The molecule has 0 radical (unpaired) electrons. The van der Waals surface area contributed by atoms with Crippen molar-refractivity contribution in [3.05, 3.63) is 74.7 Å². The van der Waals surface area contributed by atoms with Crippen LogP contribution in [0.3, 0.4) is 0 Å². The maximum absolute atomic E-state index is 6.19. The van der Waals surface area contributed by atoms with Crippen molar-refractivity contribution in [2.24, 2.45) is 0 Å². The lowest BCUT2D eigenvalue weighted by atomic mass is 10.2. The molecule has 1 fully saturated rings. The van der Waals surface area contributed by atoms with Crippen LogP contribution >= 0.6 is 59.6 Å². The van der Waals surface area contributed by atoms with E-state index in [-0.39, 0.29) is 24.8 Å². The Kier molecular flexibility index (Phi) is 11.1. The Hall–Kier alpha value is -0.450. The van der Waals surface area contributed by atoms with Crippen LogP contribution < -0.4 is 0 Å². The third-order valence-corrected chi connectivity index (χ3v) is 5.22. The summed E-state index contributed by atoms with van der Waals surface area (Å²) >= 11 is 18.1. The predicted molar refractivity (Wildman–Crippen MR) is 123 cm³/mol. The first-order valence-corrected chi connectivity index (χ1v) is 9.54. The zero-order valence-electron chi connectivity index (χ0n) is 14.8. The summed E-state index contributed by atoms with van der Waals surface area (Å²) in [6.45, 7) is 6.24. The molecular formula is C20H23Cl5N2. The maximum Gasteiger partial charge on any atom is 0.0493 e. The second-order valence-electron chi connectivity index (χ2n) is 6.27. The highest BCUT2D eigenvalue weighted by Gasteiger charge is 2.15. The molecule has 0 unspecified atom stereocenters. The van der Waals surface area contributed by atoms with Gasteiger partial charge < -0.3 is 0 Å². The van der Waals surface area contributed by atoms with Crippen molar-refractivity contribution in [1.82, 2.24) is 9.80 Å². The van der Waals surface area contributed by atoms with Crippen molar-refractivity contribution in [3.63, 3.8) is 0 Å². The standard InChI is InChI=1S/C20H21Cl3N2.2ClH/c21-18-6-3-16(4-7-18)15-25-12-10-24(11-13-25)9-1-2-17-5-8-19(22)14-20(17)23;;/h1-8,14H,9-13,15H2;2*1H/b2-1+;;. The molecule has 0 amide bonds. The number of rotatable bonds is 5. The molecular weight excluding hydrogens is 445 g/mol. The van der Waals surface area contributed by atoms with E-state index in [0.717, 1.165) is 49.9 Å². The van der Waals surface area contributed by atoms with Gasteiger partial charge in [-0.1, -0.05) is 65.2 Å². The Labute approximate surface area is 188 Å². The summed E-state index contributed by atoms with van der Waals surface area (Å²) in [6, 6.07) is 13.7. The SMILES string of the molecule is Cl.Cl.Clc1ccc(CN2CCN(C/C=C/c3ccc(Cl)cc3Cl)CC2)cc1. The van der Waals surface area contributed by atoms with Crippen LogP contribution in [0.1, 0.15) is 11.1 Å². The fourth-order valence-corrected chi connectivity index (χ4v) is 3.54. The average Bonchev–Trinajstić information content (AvgIpc) is 2.60. The van der Waals surface area contributed by atoms with Crippen molar-refractivity contribution < 1.29 is 0 Å². The summed E-state index contributed by atoms with van der Waals surface area (Å²) in [7, 11) is 0. The molecule has 7 heteroatoms. The van der Waals surface area contributed by atoms with Gasteiger partial charge in [0.05, 0.1) is 0 Å². The number of piperazine rings is 1. The average molecular weight is 469 g/mol. The molecule has 27 heavy (non-hydrogen) atoms. The quantitative estimate of drug-likeness (QED) is 0.507. The lowest BCUT2D eigenvalue weighted by molar-refractivity contribution is 0.137. The number of benzene rings is 2. The van der Waals surface area contributed by atoms with Gasteiger partial charge in [-0.2, -0.15) is 0 Å². The Morgan fingerprint density at radius 3 is 2.00 bits per heavy atom. The largest absolute Gasteiger partial charge is 0.297 e. The van der Waals surface area contributed by atoms with Crippen LogP contribution in [0, 0.1) is 0 Å². The zero-order valence-corrected chi connectivity index (χ0v) is 18.7. The normalized spacial score (nSPS) is 15.4. The molecule has 1 saturated heterocycles. The lowest BCUT2D eigenvalue weighted by Crippen LogP contribution is -2.45. The van der Waals surface area contributed by atoms with Gasteiger partial charge in [0.25, 0.3) is 0 Å². The van der Waals surface area contributed by atoms with Gasteiger partial charge in [0.1, 0.15) is 0 Å². The van der Waals surface area contributed by atoms with Crippen LogP contribution in [-0.4, -0.2) is 42.5 Å². The highest BCUT2D eigenvalue weighted by atomic mass is 35.5. The Morgan fingerprint density at radius 2 is 1.37 bits per heavy atom. The van der Waals surface area contributed by atoms with Gasteiger partial charge in [0, 0.05) is 54.3 Å². The van der Waals surface area contributed by atoms with E-state index < -0.39 is 0 Å². The van der Waals surface area contributed by atoms with E-state index in [4.69, 9.17) is 34.8 Å². The molecule has 0 aromatic heterocycles.